The van der Waals surface area contributed by atoms with Gasteiger partial charge >= 0.3 is 23.9 Å². The average Bonchev–Trinajstić information content (AvgIpc) is 3.14. The second-order valence-corrected chi connectivity index (χ2v) is 13.8. The van der Waals surface area contributed by atoms with Gasteiger partial charge in [0.1, 0.15) is 48.8 Å². The molecule has 0 bridgehead atoms. The predicted octanol–water partition coefficient (Wildman–Crippen LogP) is -5.19. The smallest absolute Gasteiger partial charge is 0.322 e. The molecule has 334 valence electrons. The predicted molar refractivity (Wildman–Crippen MR) is 201 cm³/mol. The molecule has 0 aromatic rings. The minimum atomic E-state index is -1.95. The molecule has 0 rings (SSSR count). The molecule has 0 aromatic carbocycles. The second kappa shape index (κ2) is 27.6. The van der Waals surface area contributed by atoms with Crippen LogP contribution in [0.5, 0.6) is 0 Å². The Morgan fingerprint density at radius 3 is 1.37 bits per heavy atom. The number of nitrogens with one attached hydrogen (secondary N) is 7. The Kier molecular flexibility index (Phi) is 24.9. The molecule has 0 aliphatic rings. The van der Waals surface area contributed by atoms with Gasteiger partial charge < -0.3 is 74.2 Å². The minimum absolute atomic E-state index is 0.0430. The Balaban J connectivity index is 6.30. The largest absolute Gasteiger partial charge is 0.481 e. The van der Waals surface area contributed by atoms with Crippen LogP contribution in [0.2, 0.25) is 0 Å². The lowest BCUT2D eigenvalue weighted by atomic mass is 10.0. The quantitative estimate of drug-likeness (QED) is 0.0300. The molecular formula is C34H57N9O16. The van der Waals surface area contributed by atoms with E-state index in [2.05, 4.69) is 37.2 Å². The standard InChI is InChI=1S/C34H57N9O16/c1-16(2)12-22(43-29(54)18(36)15-44)33(58)38-17(3)28(53)42-23(13-26(49)50)34(59)41-21(8-10-25(47)48)32(57)40-20(7-9-24(45)46)31(56)39-19(6-4-5-11-35)30(55)37-14-27(51)52/h16-23,44H,4-15,35-36H2,1-3H3,(H,37,55)(H,38,58)(H,39,56)(H,40,57)(H,41,59)(H,42,53)(H,43,54)(H,45,46)(H,47,48)(H,49,50)(H,51,52)/t17-,18-,19-,20-,21-,22-,23-/m0/s1. The van der Waals surface area contributed by atoms with Crippen LogP contribution < -0.4 is 48.7 Å². The number of hydrogen-bond donors (Lipinski definition) is 14. The first-order valence-electron chi connectivity index (χ1n) is 18.6. The molecule has 0 saturated heterocycles. The first kappa shape index (κ1) is 53.0. The molecule has 7 amide bonds. The summed E-state index contributed by atoms with van der Waals surface area (Å²) in [6, 6.07) is -10.9. The lowest BCUT2D eigenvalue weighted by Gasteiger charge is -2.27. The van der Waals surface area contributed by atoms with Gasteiger partial charge in [0.2, 0.25) is 41.4 Å². The molecule has 59 heavy (non-hydrogen) atoms. The third-order valence-electron chi connectivity index (χ3n) is 8.19. The maximum absolute atomic E-state index is 13.5. The molecule has 0 fully saturated rings. The van der Waals surface area contributed by atoms with E-state index in [1.807, 2.05) is 0 Å². The van der Waals surface area contributed by atoms with E-state index >= 15 is 0 Å². The van der Waals surface area contributed by atoms with E-state index in [4.69, 9.17) is 21.7 Å². The third-order valence-corrected chi connectivity index (χ3v) is 8.19. The van der Waals surface area contributed by atoms with E-state index in [-0.39, 0.29) is 31.7 Å². The van der Waals surface area contributed by atoms with Gasteiger partial charge in [0.25, 0.3) is 0 Å². The summed E-state index contributed by atoms with van der Waals surface area (Å²) in [5, 5.41) is 61.7. The van der Waals surface area contributed by atoms with Crippen LogP contribution in [-0.4, -0.2) is 153 Å². The number of carboxylic acids is 4. The topological polar surface area (TPSA) is 425 Å². The maximum Gasteiger partial charge on any atom is 0.322 e. The summed E-state index contributed by atoms with van der Waals surface area (Å²) < 4.78 is 0. The van der Waals surface area contributed by atoms with Crippen LogP contribution in [0.1, 0.15) is 78.6 Å². The highest BCUT2D eigenvalue weighted by molar-refractivity contribution is 5.98. The number of carbonyl (C=O) groups is 11. The van der Waals surface area contributed by atoms with Crippen LogP contribution in [0.25, 0.3) is 0 Å². The van der Waals surface area contributed by atoms with Crippen molar-refractivity contribution in [2.75, 3.05) is 19.7 Å². The number of aliphatic carboxylic acids is 4. The number of nitrogens with two attached hydrogens (primary N) is 2. The molecule has 0 unspecified atom stereocenters. The summed E-state index contributed by atoms with van der Waals surface area (Å²) in [6.07, 6.45) is -3.10. The van der Waals surface area contributed by atoms with Gasteiger partial charge in [0.15, 0.2) is 0 Å². The Hall–Kier alpha value is -5.95. The zero-order valence-electron chi connectivity index (χ0n) is 33.0. The molecule has 0 aliphatic heterocycles. The number of rotatable bonds is 30. The highest BCUT2D eigenvalue weighted by Crippen LogP contribution is 2.09. The zero-order valence-corrected chi connectivity index (χ0v) is 33.0. The van der Waals surface area contributed by atoms with Crippen LogP contribution in [-0.2, 0) is 52.7 Å². The van der Waals surface area contributed by atoms with Gasteiger partial charge in [-0.15, -0.1) is 0 Å². The van der Waals surface area contributed by atoms with Crippen molar-refractivity contribution in [3.63, 3.8) is 0 Å². The lowest BCUT2D eigenvalue weighted by molar-refractivity contribution is -0.142. The first-order valence-corrected chi connectivity index (χ1v) is 18.6. The molecular weight excluding hydrogens is 790 g/mol. The average molecular weight is 848 g/mol. The van der Waals surface area contributed by atoms with Gasteiger partial charge in [0.05, 0.1) is 13.0 Å². The van der Waals surface area contributed by atoms with Crippen LogP contribution >= 0.6 is 0 Å². The molecule has 0 saturated carbocycles. The van der Waals surface area contributed by atoms with Gasteiger partial charge in [0, 0.05) is 12.8 Å². The SMILES string of the molecule is CC(C)C[C@H](NC(=O)[C@@H](N)CO)C(=O)N[C@@H](C)C(=O)N[C@@H](CC(=O)O)C(=O)N[C@@H](CCC(=O)O)C(=O)N[C@@H](CCC(=O)O)C(=O)N[C@@H](CCCCN)C(=O)NCC(=O)O. The normalized spacial score (nSPS) is 14.4. The molecule has 0 aromatic heterocycles. The van der Waals surface area contributed by atoms with Gasteiger partial charge in [-0.25, -0.2) is 0 Å². The Labute approximate surface area is 338 Å². The fourth-order valence-corrected chi connectivity index (χ4v) is 5.06. The summed E-state index contributed by atoms with van der Waals surface area (Å²) in [7, 11) is 0. The summed E-state index contributed by atoms with van der Waals surface area (Å²) in [5.41, 5.74) is 11.0. The molecule has 0 spiro atoms. The Morgan fingerprint density at radius 2 is 0.949 bits per heavy atom. The monoisotopic (exact) mass is 847 g/mol. The molecule has 0 aliphatic carbocycles. The van der Waals surface area contributed by atoms with Crippen LogP contribution in [0.15, 0.2) is 0 Å². The van der Waals surface area contributed by atoms with Crippen molar-refractivity contribution in [2.24, 2.45) is 17.4 Å². The highest BCUT2D eigenvalue weighted by atomic mass is 16.4. The summed E-state index contributed by atoms with van der Waals surface area (Å²) in [6.45, 7) is 3.32. The fourth-order valence-electron chi connectivity index (χ4n) is 5.06. The van der Waals surface area contributed by atoms with Crippen molar-refractivity contribution in [3.05, 3.63) is 0 Å². The Bertz CT molecular complexity index is 1510. The number of aliphatic hydroxyl groups is 1. The van der Waals surface area contributed by atoms with Crippen molar-refractivity contribution in [2.45, 2.75) is 121 Å². The number of aliphatic hydroxyl groups excluding tert-OH is 1. The molecule has 0 radical (unpaired) electrons. The molecule has 7 atom stereocenters. The van der Waals surface area contributed by atoms with Crippen molar-refractivity contribution in [1.82, 2.24) is 37.2 Å². The van der Waals surface area contributed by atoms with Crippen LogP contribution in [0.4, 0.5) is 0 Å². The summed E-state index contributed by atoms with van der Waals surface area (Å²) in [4.78, 5) is 137. The van der Waals surface area contributed by atoms with E-state index in [0.29, 0.717) is 6.42 Å². The number of carbonyl (C=O) groups excluding carboxylic acids is 7. The Morgan fingerprint density at radius 1 is 0.508 bits per heavy atom. The maximum atomic E-state index is 13.5. The lowest BCUT2D eigenvalue weighted by Crippen LogP contribution is -2.60. The first-order chi connectivity index (χ1) is 27.5. The van der Waals surface area contributed by atoms with Crippen LogP contribution in [0.3, 0.4) is 0 Å². The van der Waals surface area contributed by atoms with E-state index in [1.54, 1.807) is 13.8 Å². The number of hydrogen-bond acceptors (Lipinski definition) is 14. The molecule has 25 heteroatoms. The highest BCUT2D eigenvalue weighted by Gasteiger charge is 2.34. The van der Waals surface area contributed by atoms with Gasteiger partial charge in [-0.3, -0.25) is 52.7 Å². The second-order valence-electron chi connectivity index (χ2n) is 13.8. The molecule has 0 heterocycles. The van der Waals surface area contributed by atoms with Crippen molar-refractivity contribution >= 4 is 65.2 Å². The van der Waals surface area contributed by atoms with Gasteiger partial charge in [-0.05, 0) is 57.9 Å². The van der Waals surface area contributed by atoms with Gasteiger partial charge in [-0.2, -0.15) is 0 Å². The number of amides is 7. The zero-order chi connectivity index (χ0) is 45.4. The summed E-state index contributed by atoms with van der Waals surface area (Å²) in [5.74, 6) is -13.5. The third kappa shape index (κ3) is 22.5. The molecule has 16 N–H and O–H groups in total. The van der Waals surface area contributed by atoms with Crippen LogP contribution in [0, 0.1) is 5.92 Å². The van der Waals surface area contributed by atoms with Crippen molar-refractivity contribution in [1.29, 1.82) is 0 Å². The van der Waals surface area contributed by atoms with Crippen molar-refractivity contribution < 1.29 is 78.3 Å². The molecule has 25 nitrogen and oxygen atoms in total. The number of carboxylic acid groups (broad SMARTS) is 4. The van der Waals surface area contributed by atoms with Gasteiger partial charge in [-0.1, -0.05) is 13.8 Å². The van der Waals surface area contributed by atoms with E-state index in [1.165, 1.54) is 6.92 Å². The minimum Gasteiger partial charge on any atom is -0.481 e. The number of unbranched alkanes of at least 4 members (excludes halogenated alkanes) is 1. The van der Waals surface area contributed by atoms with E-state index in [0.717, 1.165) is 0 Å². The van der Waals surface area contributed by atoms with Crippen molar-refractivity contribution in [3.8, 4) is 0 Å². The van der Waals surface area contributed by atoms with E-state index < -0.39 is 153 Å². The van der Waals surface area contributed by atoms with E-state index in [9.17, 15) is 68.1 Å². The summed E-state index contributed by atoms with van der Waals surface area (Å²) >= 11 is 0. The fraction of sp³-hybridized carbons (Fsp3) is 0.676.